The first kappa shape index (κ1) is 22.6. The number of nitrogens with zero attached hydrogens (tertiary/aromatic N) is 3. The lowest BCUT2D eigenvalue weighted by atomic mass is 10.1. The molecule has 3 N–H and O–H groups in total. The van der Waals surface area contributed by atoms with Gasteiger partial charge >= 0.3 is 0 Å². The van der Waals surface area contributed by atoms with Crippen LogP contribution in [0.4, 0.5) is 15.9 Å². The number of benzene rings is 3. The molecular weight excluding hydrogens is 467 g/mol. The highest BCUT2D eigenvalue weighted by molar-refractivity contribution is 5.93. The Bertz CT molecular complexity index is 1600. The Kier molecular flexibility index (Phi) is 5.90. The van der Waals surface area contributed by atoms with Crippen molar-refractivity contribution in [2.75, 3.05) is 5.32 Å². The van der Waals surface area contributed by atoms with Gasteiger partial charge in [0.25, 0.3) is 0 Å². The monoisotopic (exact) mass is 490 g/mol. The van der Waals surface area contributed by atoms with Crippen LogP contribution in [-0.4, -0.2) is 38.3 Å². The van der Waals surface area contributed by atoms with Gasteiger partial charge in [0, 0.05) is 40.9 Å². The summed E-state index contributed by atoms with van der Waals surface area (Å²) in [4.78, 5) is 21.6. The number of aromatic amines is 1. The summed E-state index contributed by atoms with van der Waals surface area (Å²) < 4.78 is 13.0. The molecule has 1 fully saturated rings. The second-order valence-electron chi connectivity index (χ2n) is 8.93. The van der Waals surface area contributed by atoms with Crippen molar-refractivity contribution in [3.63, 3.8) is 0 Å². The van der Waals surface area contributed by atoms with Crippen LogP contribution in [0.3, 0.4) is 0 Å². The molecule has 2 aromatic heterocycles. The van der Waals surface area contributed by atoms with Gasteiger partial charge in [0.15, 0.2) is 5.82 Å². The number of anilines is 2. The quantitative estimate of drug-likeness (QED) is 0.256. The molecule has 2 unspecified atom stereocenters. The smallest absolute Gasteiger partial charge is 0.244 e. The Morgan fingerprint density at radius 2 is 1.81 bits per heavy atom. The van der Waals surface area contributed by atoms with Crippen LogP contribution >= 0.6 is 0 Å². The van der Waals surface area contributed by atoms with E-state index < -0.39 is 6.17 Å². The molecule has 7 nitrogen and oxygen atoms in total. The highest BCUT2D eigenvalue weighted by Gasteiger charge is 2.38. The van der Waals surface area contributed by atoms with Gasteiger partial charge in [-0.15, -0.1) is 0 Å². The van der Waals surface area contributed by atoms with Crippen LogP contribution in [0.5, 0.6) is 0 Å². The highest BCUT2D eigenvalue weighted by Crippen LogP contribution is 2.29. The number of alkyl halides is 1. The Hall–Kier alpha value is -4.85. The fourth-order valence-corrected chi connectivity index (χ4v) is 4.09. The third-order valence-electron chi connectivity index (χ3n) is 6.19. The molecule has 182 valence electrons. The van der Waals surface area contributed by atoms with Gasteiger partial charge < -0.3 is 10.6 Å². The van der Waals surface area contributed by atoms with E-state index in [1.54, 1.807) is 12.3 Å². The van der Waals surface area contributed by atoms with Gasteiger partial charge in [0.05, 0.1) is 17.8 Å². The average molecular weight is 491 g/mol. The van der Waals surface area contributed by atoms with Gasteiger partial charge in [-0.25, -0.2) is 14.4 Å². The maximum Gasteiger partial charge on any atom is 0.244 e. The molecule has 5 aromatic rings. The van der Waals surface area contributed by atoms with E-state index in [2.05, 4.69) is 20.8 Å². The summed E-state index contributed by atoms with van der Waals surface area (Å²) >= 11 is 0. The molecule has 1 amide bonds. The van der Waals surface area contributed by atoms with Gasteiger partial charge in [-0.05, 0) is 47.5 Å². The third-order valence-corrected chi connectivity index (χ3v) is 6.19. The first-order valence-corrected chi connectivity index (χ1v) is 12.0. The summed E-state index contributed by atoms with van der Waals surface area (Å²) in [6.07, 6.45) is 6.23. The first-order valence-electron chi connectivity index (χ1n) is 12.0. The predicted molar refractivity (Wildman–Crippen MR) is 143 cm³/mol. The number of hydrogen-bond acceptors (Lipinski definition) is 5. The van der Waals surface area contributed by atoms with Crippen molar-refractivity contribution in [3.05, 3.63) is 96.8 Å². The molecule has 2 heterocycles. The lowest BCUT2D eigenvalue weighted by Crippen LogP contribution is -2.24. The van der Waals surface area contributed by atoms with Crippen molar-refractivity contribution in [2.24, 2.45) is 0 Å². The fourth-order valence-electron chi connectivity index (χ4n) is 4.09. The molecule has 2 atom stereocenters. The normalized spacial score (nSPS) is 16.7. The third kappa shape index (κ3) is 5.08. The van der Waals surface area contributed by atoms with Crippen LogP contribution in [-0.2, 0) is 4.79 Å². The minimum Gasteiger partial charge on any atom is -0.347 e. The predicted octanol–water partition coefficient (Wildman–Crippen LogP) is 5.67. The van der Waals surface area contributed by atoms with Crippen LogP contribution in [0.15, 0.2) is 91.3 Å². The molecule has 0 radical (unpaired) electrons. The number of amides is 1. The van der Waals surface area contributed by atoms with Crippen molar-refractivity contribution in [2.45, 2.75) is 18.6 Å². The van der Waals surface area contributed by atoms with Crippen LogP contribution in [0.25, 0.3) is 39.5 Å². The summed E-state index contributed by atoms with van der Waals surface area (Å²) in [7, 11) is 0. The van der Waals surface area contributed by atoms with E-state index in [-0.39, 0.29) is 11.9 Å². The second-order valence-corrected chi connectivity index (χ2v) is 8.93. The van der Waals surface area contributed by atoms with Gasteiger partial charge in [-0.3, -0.25) is 9.89 Å². The van der Waals surface area contributed by atoms with Gasteiger partial charge in [-0.2, -0.15) is 5.10 Å². The fraction of sp³-hybridized carbons (Fsp3) is 0.103. The van der Waals surface area contributed by atoms with E-state index in [0.29, 0.717) is 18.1 Å². The van der Waals surface area contributed by atoms with E-state index >= 15 is 0 Å². The van der Waals surface area contributed by atoms with Crippen LogP contribution in [0, 0.1) is 0 Å². The maximum atomic E-state index is 13.0. The van der Waals surface area contributed by atoms with E-state index in [4.69, 9.17) is 9.97 Å². The summed E-state index contributed by atoms with van der Waals surface area (Å²) in [5, 5.41) is 13.8. The van der Waals surface area contributed by atoms with Crippen LogP contribution < -0.4 is 10.6 Å². The second kappa shape index (κ2) is 9.66. The molecule has 6 rings (SSSR count). The molecule has 1 aliphatic carbocycles. The first-order chi connectivity index (χ1) is 18.1. The lowest BCUT2D eigenvalue weighted by molar-refractivity contribution is -0.116. The minimum atomic E-state index is -0.928. The number of H-pyrrole nitrogens is 1. The van der Waals surface area contributed by atoms with Crippen molar-refractivity contribution in [1.82, 2.24) is 25.5 Å². The van der Waals surface area contributed by atoms with Gasteiger partial charge in [0.1, 0.15) is 12.0 Å². The SMILES string of the molecule is O=C(/C=C/c1cccc(-c2nc(Nc3ccc(-c4cn[nH]c4)cc3)c3ccccc3n2)c1)NC1CC1F. The molecule has 8 heteroatoms. The van der Waals surface area contributed by atoms with Crippen molar-refractivity contribution >= 4 is 34.4 Å². The molecule has 0 saturated heterocycles. The molecule has 3 aromatic carbocycles. The summed E-state index contributed by atoms with van der Waals surface area (Å²) in [5.41, 5.74) is 5.44. The minimum absolute atomic E-state index is 0.303. The maximum absolute atomic E-state index is 13.0. The van der Waals surface area contributed by atoms with Gasteiger partial charge in [-0.1, -0.05) is 42.5 Å². The van der Waals surface area contributed by atoms with Crippen molar-refractivity contribution < 1.29 is 9.18 Å². The number of rotatable bonds is 7. The Balaban J connectivity index is 1.28. The zero-order chi connectivity index (χ0) is 25.2. The van der Waals surface area contributed by atoms with Crippen LogP contribution in [0.2, 0.25) is 0 Å². The zero-order valence-electron chi connectivity index (χ0n) is 19.7. The molecule has 0 spiro atoms. The standard InChI is InChI=1S/C29H23FN6O/c30-24-15-26(24)34-27(37)13-8-18-4-3-5-20(14-18)28-35-25-7-2-1-6-23(25)29(36-28)33-22-11-9-19(10-12-22)21-16-31-32-17-21/h1-14,16-17,24,26H,15H2,(H,31,32)(H,34,37)(H,33,35,36)/b13-8+. The van der Waals surface area contributed by atoms with E-state index in [9.17, 15) is 9.18 Å². The number of carbonyl (C=O) groups is 1. The van der Waals surface area contributed by atoms with Crippen molar-refractivity contribution in [1.29, 1.82) is 0 Å². The lowest BCUT2D eigenvalue weighted by Gasteiger charge is -2.12. The van der Waals surface area contributed by atoms with Crippen LogP contribution in [0.1, 0.15) is 12.0 Å². The number of aromatic nitrogens is 4. The van der Waals surface area contributed by atoms with Gasteiger partial charge in [0.2, 0.25) is 5.91 Å². The molecule has 0 bridgehead atoms. The number of halogens is 1. The number of carbonyl (C=O) groups excluding carboxylic acids is 1. The number of fused-ring (bicyclic) bond motifs is 1. The molecule has 0 aliphatic heterocycles. The molecule has 1 aliphatic rings. The van der Waals surface area contributed by atoms with E-state index in [1.165, 1.54) is 6.08 Å². The summed E-state index contributed by atoms with van der Waals surface area (Å²) in [6, 6.07) is 23.2. The molecule has 37 heavy (non-hydrogen) atoms. The zero-order valence-corrected chi connectivity index (χ0v) is 19.7. The number of para-hydroxylation sites is 1. The molecule has 1 saturated carbocycles. The van der Waals surface area contributed by atoms with E-state index in [1.807, 2.05) is 79.0 Å². The summed E-state index contributed by atoms with van der Waals surface area (Å²) in [5.74, 6) is 0.958. The Morgan fingerprint density at radius 1 is 0.973 bits per heavy atom. The topological polar surface area (TPSA) is 95.6 Å². The highest BCUT2D eigenvalue weighted by atomic mass is 19.1. The summed E-state index contributed by atoms with van der Waals surface area (Å²) in [6.45, 7) is 0. The number of hydrogen-bond donors (Lipinski definition) is 3. The largest absolute Gasteiger partial charge is 0.347 e. The Labute approximate surface area is 212 Å². The Morgan fingerprint density at radius 3 is 2.59 bits per heavy atom. The molecular formula is C29H23FN6O. The van der Waals surface area contributed by atoms with Crippen molar-refractivity contribution in [3.8, 4) is 22.5 Å². The van der Waals surface area contributed by atoms with E-state index in [0.717, 1.165) is 38.8 Å². The number of nitrogens with one attached hydrogen (secondary N) is 3. The average Bonchev–Trinajstić information content (AvgIpc) is 3.36.